The van der Waals surface area contributed by atoms with Crippen molar-refractivity contribution in [3.05, 3.63) is 11.9 Å². The Bertz CT molecular complexity index is 469. The lowest BCUT2D eigenvalue weighted by Gasteiger charge is -2.17. The quantitative estimate of drug-likeness (QED) is 0.402. The predicted molar refractivity (Wildman–Crippen MR) is 57.8 cm³/mol. The van der Waals surface area contributed by atoms with Crippen LogP contribution < -0.4 is 5.62 Å². The molecule has 1 aliphatic rings. The van der Waals surface area contributed by atoms with Gasteiger partial charge in [-0.1, -0.05) is 0 Å². The summed E-state index contributed by atoms with van der Waals surface area (Å²) < 4.78 is 6.13. The fourth-order valence-corrected chi connectivity index (χ4v) is 1.64. The largest absolute Gasteiger partial charge is 0.480 e. The Kier molecular flexibility index (Phi) is 4.59. The van der Waals surface area contributed by atoms with Gasteiger partial charge >= 0.3 is 6.01 Å². The van der Waals surface area contributed by atoms with Crippen molar-refractivity contribution >= 4 is 12.4 Å². The molecule has 0 radical (unpaired) electrons. The van der Waals surface area contributed by atoms with E-state index in [1.165, 1.54) is 0 Å². The van der Waals surface area contributed by atoms with Crippen molar-refractivity contribution in [1.29, 1.82) is 5.41 Å². The molecule has 102 valence electrons. The molecule has 0 bridgehead atoms. The summed E-state index contributed by atoms with van der Waals surface area (Å²) in [5, 5.41) is 44.7. The van der Waals surface area contributed by atoms with Crippen molar-refractivity contribution in [3.8, 4) is 6.01 Å². The zero-order valence-electron chi connectivity index (χ0n) is 9.04. The van der Waals surface area contributed by atoms with Crippen LogP contribution in [0.25, 0.3) is 0 Å². The summed E-state index contributed by atoms with van der Waals surface area (Å²) in [6.45, 7) is -0.465. The number of nitrogens with one attached hydrogen (secondary N) is 1. The van der Waals surface area contributed by atoms with Crippen molar-refractivity contribution in [3.63, 3.8) is 0 Å². The topological polar surface area (TPSA) is 145 Å². The number of hydrogen-bond donors (Lipinski definition) is 5. The molecule has 0 saturated carbocycles. The van der Waals surface area contributed by atoms with Crippen molar-refractivity contribution in [2.75, 3.05) is 6.61 Å². The van der Waals surface area contributed by atoms with Gasteiger partial charge in [0.15, 0.2) is 6.23 Å². The molecular weight excluding hydrogens is 268 g/mol. The predicted octanol–water partition coefficient (Wildman–Crippen LogP) is -2.50. The van der Waals surface area contributed by atoms with Gasteiger partial charge in [0.25, 0.3) is 0 Å². The number of halogens is 1. The second kappa shape index (κ2) is 5.59. The third-order valence-corrected chi connectivity index (χ3v) is 2.53. The first-order valence-electron chi connectivity index (χ1n) is 4.85. The molecule has 2 heterocycles. The number of rotatable bonds is 2. The van der Waals surface area contributed by atoms with Gasteiger partial charge in [-0.15, -0.1) is 12.4 Å². The monoisotopic (exact) mass is 280 g/mol. The molecule has 0 spiro atoms. The van der Waals surface area contributed by atoms with Crippen LogP contribution in [0.4, 0.5) is 0 Å². The van der Waals surface area contributed by atoms with Gasteiger partial charge in [-0.3, -0.25) is 9.98 Å². The first kappa shape index (κ1) is 14.8. The highest BCUT2D eigenvalue weighted by molar-refractivity contribution is 5.85. The number of aliphatic hydroxyl groups excluding tert-OH is 3. The molecule has 9 nitrogen and oxygen atoms in total. The van der Waals surface area contributed by atoms with Gasteiger partial charge in [-0.2, -0.15) is 4.98 Å². The standard InChI is InChI=1S/C8H12N4O5.ClH/c9-7-10-2-12(8(16)11-7)6-5(15)4(14)3(1-13)17-6;/h2-6,13-15H,1H2,(H2,9,11,16);1H/t3-,4-,5+,6-;/m1./s1. The maximum atomic E-state index is 9.69. The Hall–Kier alpha value is -1.26. The minimum atomic E-state index is -1.33. The maximum Gasteiger partial charge on any atom is 0.300 e. The van der Waals surface area contributed by atoms with Crippen molar-refractivity contribution in [2.24, 2.45) is 0 Å². The van der Waals surface area contributed by atoms with Gasteiger partial charge in [0.05, 0.1) is 6.61 Å². The highest BCUT2D eigenvalue weighted by atomic mass is 35.5. The van der Waals surface area contributed by atoms with E-state index in [9.17, 15) is 15.3 Å². The molecule has 0 unspecified atom stereocenters. The van der Waals surface area contributed by atoms with Crippen molar-refractivity contribution in [2.45, 2.75) is 24.5 Å². The summed E-state index contributed by atoms with van der Waals surface area (Å²) in [7, 11) is 0. The van der Waals surface area contributed by atoms with Crippen LogP contribution >= 0.6 is 12.4 Å². The molecule has 5 N–H and O–H groups in total. The molecular formula is C8H13ClN4O5. The van der Waals surface area contributed by atoms with E-state index in [0.717, 1.165) is 10.9 Å². The van der Waals surface area contributed by atoms with Gasteiger partial charge in [0, 0.05) is 0 Å². The van der Waals surface area contributed by atoms with Crippen LogP contribution in [0.5, 0.6) is 6.01 Å². The van der Waals surface area contributed by atoms with Crippen LogP contribution in [0.15, 0.2) is 6.33 Å². The molecule has 1 aromatic heterocycles. The lowest BCUT2D eigenvalue weighted by molar-refractivity contribution is -0.0570. The maximum absolute atomic E-state index is 9.69. The normalized spacial score (nSPS) is 31.1. The molecule has 2 rings (SSSR count). The summed E-state index contributed by atoms with van der Waals surface area (Å²) >= 11 is 0. The molecule has 0 aliphatic carbocycles. The number of hydrogen-bond acceptors (Lipinski definition) is 8. The third-order valence-electron chi connectivity index (χ3n) is 2.53. The van der Waals surface area contributed by atoms with Gasteiger partial charge in [-0.05, 0) is 0 Å². The van der Waals surface area contributed by atoms with E-state index < -0.39 is 37.2 Å². The lowest BCUT2D eigenvalue weighted by atomic mass is 10.1. The van der Waals surface area contributed by atoms with Gasteiger partial charge < -0.3 is 25.2 Å². The zero-order valence-corrected chi connectivity index (χ0v) is 9.86. The van der Waals surface area contributed by atoms with Crippen molar-refractivity contribution < 1.29 is 25.2 Å². The second-order valence-corrected chi connectivity index (χ2v) is 3.62. The Morgan fingerprint density at radius 1 is 1.39 bits per heavy atom. The highest BCUT2D eigenvalue weighted by Crippen LogP contribution is 2.30. The molecule has 1 aliphatic heterocycles. The molecule has 0 aromatic carbocycles. The summed E-state index contributed by atoms with van der Waals surface area (Å²) in [4.78, 5) is 6.89. The van der Waals surface area contributed by atoms with Crippen LogP contribution in [-0.2, 0) is 4.74 Å². The van der Waals surface area contributed by atoms with Gasteiger partial charge in [-0.25, -0.2) is 4.98 Å². The summed E-state index contributed by atoms with van der Waals surface area (Å²) in [6.07, 6.45) is -3.60. The van der Waals surface area contributed by atoms with Gasteiger partial charge in [0.1, 0.15) is 24.6 Å². The molecule has 4 atom stereocenters. The first-order chi connectivity index (χ1) is 8.04. The number of aliphatic hydroxyl groups is 3. The van der Waals surface area contributed by atoms with Crippen molar-refractivity contribution in [1.82, 2.24) is 14.5 Å². The Morgan fingerprint density at radius 2 is 2.06 bits per heavy atom. The number of nitrogens with zero attached hydrogens (tertiary/aromatic N) is 3. The van der Waals surface area contributed by atoms with E-state index in [1.54, 1.807) is 0 Å². The van der Waals surface area contributed by atoms with E-state index in [-0.39, 0.29) is 18.0 Å². The smallest absolute Gasteiger partial charge is 0.300 e. The van der Waals surface area contributed by atoms with Crippen LogP contribution in [0.1, 0.15) is 6.23 Å². The molecule has 1 fully saturated rings. The fourth-order valence-electron chi connectivity index (χ4n) is 1.64. The molecule has 10 heteroatoms. The molecule has 1 saturated heterocycles. The Labute approximate surface area is 107 Å². The van der Waals surface area contributed by atoms with Crippen LogP contribution in [0, 0.1) is 5.41 Å². The minimum absolute atomic E-state index is 0. The fraction of sp³-hybridized carbons (Fsp3) is 0.625. The molecule has 0 amide bonds. The van der Waals surface area contributed by atoms with E-state index in [0.29, 0.717) is 0 Å². The van der Waals surface area contributed by atoms with Crippen LogP contribution in [0.2, 0.25) is 0 Å². The van der Waals surface area contributed by atoms with E-state index in [4.69, 9.17) is 15.3 Å². The third kappa shape index (κ3) is 2.44. The van der Waals surface area contributed by atoms with E-state index in [2.05, 4.69) is 9.97 Å². The lowest BCUT2D eigenvalue weighted by Crippen LogP contribution is -2.33. The number of aromatic nitrogens is 3. The van der Waals surface area contributed by atoms with E-state index >= 15 is 0 Å². The summed E-state index contributed by atoms with van der Waals surface area (Å²) in [6, 6.07) is -0.570. The SMILES string of the molecule is Cl.N=c1ncn([C@@H]2O[C@H](CO)[C@@H](O)[C@@H]2O)c(O)n1. The molecule has 1 aromatic rings. The van der Waals surface area contributed by atoms with Crippen LogP contribution in [0.3, 0.4) is 0 Å². The van der Waals surface area contributed by atoms with Crippen LogP contribution in [-0.4, -0.2) is 59.9 Å². The highest BCUT2D eigenvalue weighted by Gasteiger charge is 2.43. The zero-order chi connectivity index (χ0) is 12.6. The summed E-state index contributed by atoms with van der Waals surface area (Å²) in [5.74, 6) is 0. The Morgan fingerprint density at radius 3 is 2.56 bits per heavy atom. The van der Waals surface area contributed by atoms with Gasteiger partial charge in [0.2, 0.25) is 5.62 Å². The average Bonchev–Trinajstić information content (AvgIpc) is 2.57. The minimum Gasteiger partial charge on any atom is -0.480 e. The number of aromatic hydroxyl groups is 1. The molecule has 18 heavy (non-hydrogen) atoms. The first-order valence-corrected chi connectivity index (χ1v) is 4.85. The Balaban J connectivity index is 0.00000162. The number of ether oxygens (including phenoxy) is 1. The average molecular weight is 281 g/mol. The second-order valence-electron chi connectivity index (χ2n) is 3.62. The summed E-state index contributed by atoms with van der Waals surface area (Å²) in [5.41, 5.74) is -0.384. The van der Waals surface area contributed by atoms with E-state index in [1.807, 2.05) is 0 Å².